The lowest BCUT2D eigenvalue weighted by Gasteiger charge is -2.14. The van der Waals surface area contributed by atoms with Crippen LogP contribution in [0.4, 0.5) is 5.69 Å². The maximum atomic E-state index is 12.9. The summed E-state index contributed by atoms with van der Waals surface area (Å²) in [4.78, 5) is 16.2. The number of aryl methyl sites for hydroxylation is 1. The highest BCUT2D eigenvalue weighted by Crippen LogP contribution is 2.27. The highest BCUT2D eigenvalue weighted by Gasteiger charge is 2.21. The van der Waals surface area contributed by atoms with E-state index in [1.54, 1.807) is 36.7 Å². The fourth-order valence-corrected chi connectivity index (χ4v) is 4.35. The summed E-state index contributed by atoms with van der Waals surface area (Å²) in [6, 6.07) is 13.1. The summed E-state index contributed by atoms with van der Waals surface area (Å²) in [6.45, 7) is 4.03. The number of rotatable bonds is 6. The van der Waals surface area contributed by atoms with Crippen LogP contribution in [-0.2, 0) is 16.6 Å². The van der Waals surface area contributed by atoms with Gasteiger partial charge < -0.3 is 5.32 Å². The minimum absolute atomic E-state index is 0.0356. The van der Waals surface area contributed by atoms with Crippen LogP contribution in [0.5, 0.6) is 0 Å². The van der Waals surface area contributed by atoms with Gasteiger partial charge in [0.15, 0.2) is 0 Å². The van der Waals surface area contributed by atoms with Gasteiger partial charge in [-0.2, -0.15) is 0 Å². The predicted octanol–water partition coefficient (Wildman–Crippen LogP) is 4.08. The molecule has 3 aromatic rings. The van der Waals surface area contributed by atoms with Gasteiger partial charge in [0.05, 0.1) is 10.7 Å². The van der Waals surface area contributed by atoms with E-state index >= 15 is 0 Å². The lowest BCUT2D eigenvalue weighted by molar-refractivity contribution is 0.0950. The van der Waals surface area contributed by atoms with Gasteiger partial charge >= 0.3 is 0 Å². The molecule has 2 aromatic carbocycles. The zero-order chi connectivity index (χ0) is 21.0. The van der Waals surface area contributed by atoms with Gasteiger partial charge in [-0.3, -0.25) is 14.5 Å². The molecule has 0 atom stereocenters. The predicted molar refractivity (Wildman–Crippen MR) is 114 cm³/mol. The molecule has 0 aliphatic rings. The number of halogens is 1. The van der Waals surface area contributed by atoms with Gasteiger partial charge in [-0.05, 0) is 66.9 Å². The van der Waals surface area contributed by atoms with Gasteiger partial charge in [0.1, 0.15) is 4.90 Å². The highest BCUT2D eigenvalue weighted by molar-refractivity contribution is 7.92. The molecule has 3 rings (SSSR count). The molecule has 0 fully saturated rings. The van der Waals surface area contributed by atoms with Gasteiger partial charge in [-0.25, -0.2) is 8.42 Å². The molecule has 0 unspecified atom stereocenters. The van der Waals surface area contributed by atoms with E-state index in [4.69, 9.17) is 11.6 Å². The molecule has 1 heterocycles. The molecular formula is C21H20ClN3O3S. The molecule has 0 saturated carbocycles. The lowest BCUT2D eigenvalue weighted by atomic mass is 10.1. The number of aromatic nitrogens is 1. The van der Waals surface area contributed by atoms with Crippen LogP contribution in [-0.4, -0.2) is 19.3 Å². The van der Waals surface area contributed by atoms with Crippen LogP contribution in [0.25, 0.3) is 0 Å². The van der Waals surface area contributed by atoms with Crippen molar-refractivity contribution in [3.05, 3.63) is 88.2 Å². The number of anilines is 1. The second-order valence-electron chi connectivity index (χ2n) is 6.54. The Labute approximate surface area is 175 Å². The summed E-state index contributed by atoms with van der Waals surface area (Å²) in [7, 11) is -3.98. The number of nitrogens with zero attached hydrogens (tertiary/aromatic N) is 1. The van der Waals surface area contributed by atoms with Crippen LogP contribution in [0, 0.1) is 13.8 Å². The minimum Gasteiger partial charge on any atom is -0.348 e. The molecule has 8 heteroatoms. The monoisotopic (exact) mass is 429 g/mol. The van der Waals surface area contributed by atoms with Crippen molar-refractivity contribution < 1.29 is 13.2 Å². The van der Waals surface area contributed by atoms with E-state index in [-0.39, 0.29) is 15.5 Å². The Morgan fingerprint density at radius 3 is 2.52 bits per heavy atom. The number of carbonyl (C=O) groups excluding carboxylic acids is 1. The molecule has 1 amide bonds. The molecule has 0 spiro atoms. The highest BCUT2D eigenvalue weighted by atomic mass is 35.5. The number of pyridine rings is 1. The summed E-state index contributed by atoms with van der Waals surface area (Å²) >= 11 is 6.14. The zero-order valence-electron chi connectivity index (χ0n) is 15.9. The number of sulfonamides is 1. The van der Waals surface area contributed by atoms with E-state index in [1.807, 2.05) is 19.9 Å². The van der Waals surface area contributed by atoms with Gasteiger partial charge in [-0.1, -0.05) is 23.7 Å². The number of hydrogen-bond acceptors (Lipinski definition) is 4. The van der Waals surface area contributed by atoms with Crippen LogP contribution in [0.1, 0.15) is 27.0 Å². The number of amides is 1. The number of nitrogens with one attached hydrogen (secondary N) is 2. The molecule has 0 saturated heterocycles. The maximum absolute atomic E-state index is 12.9. The molecule has 1 aromatic heterocycles. The van der Waals surface area contributed by atoms with Crippen molar-refractivity contribution in [3.8, 4) is 0 Å². The molecule has 150 valence electrons. The number of carbonyl (C=O) groups is 1. The molecule has 29 heavy (non-hydrogen) atoms. The van der Waals surface area contributed by atoms with E-state index < -0.39 is 15.9 Å². The lowest BCUT2D eigenvalue weighted by Crippen LogP contribution is -2.23. The molecule has 2 N–H and O–H groups in total. The van der Waals surface area contributed by atoms with Gasteiger partial charge in [-0.15, -0.1) is 0 Å². The Bertz CT molecular complexity index is 1150. The SMILES string of the molecule is Cc1cccc(NS(=O)(=O)c2cc(C(=O)NCc3ccncc3)ccc2Cl)c1C. The average molecular weight is 430 g/mol. The van der Waals surface area contributed by atoms with Crippen molar-refractivity contribution in [3.63, 3.8) is 0 Å². The normalized spacial score (nSPS) is 11.1. The van der Waals surface area contributed by atoms with Crippen LogP contribution in [0.2, 0.25) is 5.02 Å². The van der Waals surface area contributed by atoms with Crippen molar-refractivity contribution >= 4 is 33.2 Å². The quantitative estimate of drug-likeness (QED) is 0.617. The maximum Gasteiger partial charge on any atom is 0.263 e. The minimum atomic E-state index is -3.98. The van der Waals surface area contributed by atoms with Crippen LogP contribution in [0.15, 0.2) is 65.8 Å². The first-order valence-electron chi connectivity index (χ1n) is 8.83. The first kappa shape index (κ1) is 20.8. The standard InChI is InChI=1S/C21H20ClN3O3S/c1-14-4-3-5-19(15(14)2)25-29(27,28)20-12-17(6-7-18(20)22)21(26)24-13-16-8-10-23-11-9-16/h3-12,25H,13H2,1-2H3,(H,24,26). The van der Waals surface area contributed by atoms with Crippen molar-refractivity contribution in [2.45, 2.75) is 25.3 Å². The first-order valence-corrected chi connectivity index (χ1v) is 10.7. The Hall–Kier alpha value is -2.90. The van der Waals surface area contributed by atoms with Gasteiger partial charge in [0.2, 0.25) is 0 Å². The average Bonchev–Trinajstić information content (AvgIpc) is 2.70. The molecule has 0 radical (unpaired) electrons. The van der Waals surface area contributed by atoms with Crippen LogP contribution in [0.3, 0.4) is 0 Å². The smallest absolute Gasteiger partial charge is 0.263 e. The van der Waals surface area contributed by atoms with Crippen LogP contribution < -0.4 is 10.0 Å². The molecule has 0 aliphatic heterocycles. The van der Waals surface area contributed by atoms with Gasteiger partial charge in [0, 0.05) is 24.5 Å². The number of hydrogen-bond donors (Lipinski definition) is 2. The van der Waals surface area contributed by atoms with E-state index in [0.29, 0.717) is 12.2 Å². The van der Waals surface area contributed by atoms with E-state index in [9.17, 15) is 13.2 Å². The Morgan fingerprint density at radius 1 is 1.07 bits per heavy atom. The van der Waals surface area contributed by atoms with Crippen molar-refractivity contribution in [1.82, 2.24) is 10.3 Å². The molecule has 0 aliphatic carbocycles. The summed E-state index contributed by atoms with van der Waals surface area (Å²) in [5.74, 6) is -0.401. The third kappa shape index (κ3) is 4.93. The number of benzene rings is 2. The summed E-state index contributed by atoms with van der Waals surface area (Å²) in [5, 5.41) is 2.79. The Kier molecular flexibility index (Phi) is 6.20. The topological polar surface area (TPSA) is 88.2 Å². The van der Waals surface area contributed by atoms with E-state index in [0.717, 1.165) is 16.7 Å². The summed E-state index contributed by atoms with van der Waals surface area (Å²) in [5.41, 5.74) is 3.32. The fourth-order valence-electron chi connectivity index (χ4n) is 2.70. The van der Waals surface area contributed by atoms with Crippen LogP contribution >= 0.6 is 11.6 Å². The molecule has 6 nitrogen and oxygen atoms in total. The largest absolute Gasteiger partial charge is 0.348 e. The zero-order valence-corrected chi connectivity index (χ0v) is 17.5. The second kappa shape index (κ2) is 8.63. The van der Waals surface area contributed by atoms with Crippen molar-refractivity contribution in [1.29, 1.82) is 0 Å². The first-order chi connectivity index (χ1) is 13.8. The summed E-state index contributed by atoms with van der Waals surface area (Å²) < 4.78 is 28.4. The van der Waals surface area contributed by atoms with E-state index in [1.165, 1.54) is 18.2 Å². The molecular weight excluding hydrogens is 410 g/mol. The summed E-state index contributed by atoms with van der Waals surface area (Å²) in [6.07, 6.45) is 3.26. The molecule has 0 bridgehead atoms. The van der Waals surface area contributed by atoms with E-state index in [2.05, 4.69) is 15.0 Å². The second-order valence-corrected chi connectivity index (χ2v) is 8.59. The Morgan fingerprint density at radius 2 is 1.79 bits per heavy atom. The van der Waals surface area contributed by atoms with Crippen molar-refractivity contribution in [2.24, 2.45) is 0 Å². The third-order valence-corrected chi connectivity index (χ3v) is 6.38. The van der Waals surface area contributed by atoms with Gasteiger partial charge in [0.25, 0.3) is 15.9 Å². The van der Waals surface area contributed by atoms with Crippen molar-refractivity contribution in [2.75, 3.05) is 4.72 Å². The third-order valence-electron chi connectivity index (χ3n) is 4.53. The Balaban J connectivity index is 1.84. The fraction of sp³-hybridized carbons (Fsp3) is 0.143.